The van der Waals surface area contributed by atoms with Gasteiger partial charge in [-0.15, -0.1) is 0 Å². The van der Waals surface area contributed by atoms with Gasteiger partial charge < -0.3 is 9.30 Å². The number of halogens is 3. The molecule has 1 aromatic rings. The number of fused-ring (bicyclic) bond motifs is 1. The molecule has 6 heteroatoms. The molecule has 1 aliphatic rings. The van der Waals surface area contributed by atoms with Gasteiger partial charge in [-0.2, -0.15) is 13.2 Å². The molecule has 90 valence electrons. The minimum absolute atomic E-state index is 0.0676. The van der Waals surface area contributed by atoms with E-state index in [-0.39, 0.29) is 6.73 Å². The van der Waals surface area contributed by atoms with Gasteiger partial charge in [0.2, 0.25) is 0 Å². The topological polar surface area (TPSA) is 27.1 Å². The first-order chi connectivity index (χ1) is 7.56. The zero-order valence-electron chi connectivity index (χ0n) is 8.76. The molecule has 0 N–H and O–H groups in total. The van der Waals surface area contributed by atoms with Crippen LogP contribution in [0.5, 0.6) is 0 Å². The Bertz CT molecular complexity index is 359. The van der Waals surface area contributed by atoms with E-state index in [2.05, 4.69) is 9.72 Å². The van der Waals surface area contributed by atoms with Crippen molar-refractivity contribution in [3.05, 3.63) is 17.7 Å². The third-order valence-electron chi connectivity index (χ3n) is 2.61. The van der Waals surface area contributed by atoms with E-state index >= 15 is 0 Å². The van der Waals surface area contributed by atoms with E-state index in [1.807, 2.05) is 0 Å². The zero-order chi connectivity index (χ0) is 11.6. The van der Waals surface area contributed by atoms with Gasteiger partial charge in [0.05, 0.1) is 12.0 Å². The Kier molecular flexibility index (Phi) is 3.18. The average molecular weight is 234 g/mol. The van der Waals surface area contributed by atoms with Gasteiger partial charge >= 0.3 is 6.18 Å². The minimum Gasteiger partial charge on any atom is -0.351 e. The molecule has 0 atom stereocenters. The highest BCUT2D eigenvalue weighted by Gasteiger charge is 2.27. The van der Waals surface area contributed by atoms with E-state index in [0.717, 1.165) is 37.1 Å². The molecule has 1 aliphatic carbocycles. The Morgan fingerprint density at radius 1 is 1.31 bits per heavy atom. The van der Waals surface area contributed by atoms with Crippen LogP contribution < -0.4 is 0 Å². The third-order valence-corrected chi connectivity index (χ3v) is 2.61. The second-order valence-corrected chi connectivity index (χ2v) is 3.91. The summed E-state index contributed by atoms with van der Waals surface area (Å²) in [6, 6.07) is 0. The number of imidazole rings is 1. The third kappa shape index (κ3) is 2.75. The second-order valence-electron chi connectivity index (χ2n) is 3.91. The van der Waals surface area contributed by atoms with E-state index in [0.29, 0.717) is 0 Å². The molecule has 0 amide bonds. The summed E-state index contributed by atoms with van der Waals surface area (Å²) in [5.74, 6) is 0. The fourth-order valence-electron chi connectivity index (χ4n) is 1.90. The van der Waals surface area contributed by atoms with E-state index in [9.17, 15) is 13.2 Å². The molecule has 1 heterocycles. The molecule has 0 spiro atoms. The van der Waals surface area contributed by atoms with Crippen LogP contribution in [0.4, 0.5) is 13.2 Å². The van der Waals surface area contributed by atoms with Crippen molar-refractivity contribution in [2.24, 2.45) is 0 Å². The molecule has 0 bridgehead atoms. The van der Waals surface area contributed by atoms with E-state index in [4.69, 9.17) is 0 Å². The van der Waals surface area contributed by atoms with E-state index < -0.39 is 12.8 Å². The van der Waals surface area contributed by atoms with Gasteiger partial charge in [0.15, 0.2) is 0 Å². The Balaban J connectivity index is 1.92. The van der Waals surface area contributed by atoms with Crippen molar-refractivity contribution in [1.29, 1.82) is 0 Å². The van der Waals surface area contributed by atoms with E-state index in [1.54, 1.807) is 10.9 Å². The van der Waals surface area contributed by atoms with Gasteiger partial charge in [-0.3, -0.25) is 0 Å². The summed E-state index contributed by atoms with van der Waals surface area (Å²) >= 11 is 0. The number of hydrogen-bond donors (Lipinski definition) is 0. The van der Waals surface area contributed by atoms with Crippen LogP contribution in [-0.2, 0) is 24.3 Å². The van der Waals surface area contributed by atoms with Gasteiger partial charge in [-0.1, -0.05) is 0 Å². The van der Waals surface area contributed by atoms with Crippen LogP contribution in [0.25, 0.3) is 0 Å². The monoisotopic (exact) mass is 234 g/mol. The van der Waals surface area contributed by atoms with Crippen LogP contribution in [0.1, 0.15) is 24.2 Å². The van der Waals surface area contributed by atoms with Crippen LogP contribution >= 0.6 is 0 Å². The molecule has 0 unspecified atom stereocenters. The van der Waals surface area contributed by atoms with Crippen molar-refractivity contribution in [3.8, 4) is 0 Å². The first-order valence-corrected chi connectivity index (χ1v) is 5.23. The lowest BCUT2D eigenvalue weighted by Gasteiger charge is -2.14. The maximum atomic E-state index is 11.9. The Hall–Kier alpha value is -1.04. The summed E-state index contributed by atoms with van der Waals surface area (Å²) in [5, 5.41) is 0. The maximum Gasteiger partial charge on any atom is 0.411 e. The summed E-state index contributed by atoms with van der Waals surface area (Å²) < 4.78 is 41.9. The predicted octanol–water partition coefficient (Wildman–Crippen LogP) is 2.30. The Morgan fingerprint density at radius 2 is 2.06 bits per heavy atom. The van der Waals surface area contributed by atoms with Gasteiger partial charge in [0, 0.05) is 5.69 Å². The SMILES string of the molecule is FC(F)(F)COCn1cnc2c1CCCC2. The van der Waals surface area contributed by atoms with Crippen molar-refractivity contribution >= 4 is 0 Å². The highest BCUT2D eigenvalue weighted by Crippen LogP contribution is 2.20. The summed E-state index contributed by atoms with van der Waals surface area (Å²) in [6.07, 6.45) is 1.27. The molecular formula is C10H13F3N2O. The smallest absolute Gasteiger partial charge is 0.351 e. The van der Waals surface area contributed by atoms with Gasteiger partial charge in [-0.25, -0.2) is 4.98 Å². The molecule has 0 radical (unpaired) electrons. The molecule has 2 rings (SSSR count). The summed E-state index contributed by atoms with van der Waals surface area (Å²) in [7, 11) is 0. The van der Waals surface area contributed by atoms with Crippen LogP contribution in [0.15, 0.2) is 6.33 Å². The van der Waals surface area contributed by atoms with Crippen LogP contribution in [0.2, 0.25) is 0 Å². The molecule has 0 saturated carbocycles. The van der Waals surface area contributed by atoms with Crippen molar-refractivity contribution in [2.45, 2.75) is 38.6 Å². The quantitative estimate of drug-likeness (QED) is 0.802. The lowest BCUT2D eigenvalue weighted by Crippen LogP contribution is -2.19. The molecule has 0 aliphatic heterocycles. The normalized spacial score (nSPS) is 16.2. The molecule has 3 nitrogen and oxygen atoms in total. The zero-order valence-corrected chi connectivity index (χ0v) is 8.76. The van der Waals surface area contributed by atoms with Gasteiger partial charge in [0.1, 0.15) is 13.3 Å². The summed E-state index contributed by atoms with van der Waals surface area (Å²) in [5.41, 5.74) is 2.02. The molecule has 16 heavy (non-hydrogen) atoms. The summed E-state index contributed by atoms with van der Waals surface area (Å²) in [4.78, 5) is 4.17. The van der Waals surface area contributed by atoms with Crippen LogP contribution in [0.3, 0.4) is 0 Å². The molecule has 0 saturated heterocycles. The maximum absolute atomic E-state index is 11.9. The molecule has 0 aromatic carbocycles. The highest BCUT2D eigenvalue weighted by atomic mass is 19.4. The largest absolute Gasteiger partial charge is 0.411 e. The first-order valence-electron chi connectivity index (χ1n) is 5.23. The number of rotatable bonds is 3. The molecule has 0 fully saturated rings. The Labute approximate surface area is 91.2 Å². The average Bonchev–Trinajstić information content (AvgIpc) is 2.60. The van der Waals surface area contributed by atoms with Crippen molar-refractivity contribution < 1.29 is 17.9 Å². The lowest BCUT2D eigenvalue weighted by molar-refractivity contribution is -0.182. The van der Waals surface area contributed by atoms with Gasteiger partial charge in [0.25, 0.3) is 0 Å². The fraction of sp³-hybridized carbons (Fsp3) is 0.700. The van der Waals surface area contributed by atoms with Crippen molar-refractivity contribution in [3.63, 3.8) is 0 Å². The number of ether oxygens (including phenoxy) is 1. The predicted molar refractivity (Wildman–Crippen MR) is 50.9 cm³/mol. The standard InChI is InChI=1S/C10H13F3N2O/c11-10(12,13)5-16-7-15-6-14-8-3-1-2-4-9(8)15/h6H,1-5,7H2. The molecular weight excluding hydrogens is 221 g/mol. The fourth-order valence-corrected chi connectivity index (χ4v) is 1.90. The van der Waals surface area contributed by atoms with Crippen LogP contribution in [-0.4, -0.2) is 22.3 Å². The van der Waals surface area contributed by atoms with Gasteiger partial charge in [-0.05, 0) is 25.7 Å². The minimum atomic E-state index is -4.26. The summed E-state index contributed by atoms with van der Waals surface area (Å²) in [6.45, 7) is -1.28. The number of hydrogen-bond acceptors (Lipinski definition) is 2. The Morgan fingerprint density at radius 3 is 2.81 bits per heavy atom. The van der Waals surface area contributed by atoms with Crippen LogP contribution in [0, 0.1) is 0 Å². The first kappa shape index (κ1) is 11.4. The number of aryl methyl sites for hydroxylation is 1. The number of aromatic nitrogens is 2. The number of alkyl halides is 3. The second kappa shape index (κ2) is 4.45. The van der Waals surface area contributed by atoms with Crippen molar-refractivity contribution in [1.82, 2.24) is 9.55 Å². The van der Waals surface area contributed by atoms with E-state index in [1.165, 1.54) is 0 Å². The highest BCUT2D eigenvalue weighted by molar-refractivity contribution is 5.15. The van der Waals surface area contributed by atoms with Crippen molar-refractivity contribution in [2.75, 3.05) is 6.61 Å². The lowest BCUT2D eigenvalue weighted by atomic mass is 10.0. The molecule has 1 aromatic heterocycles. The number of nitrogens with zero attached hydrogens (tertiary/aromatic N) is 2.